The Morgan fingerprint density at radius 1 is 1.14 bits per heavy atom. The highest BCUT2D eigenvalue weighted by Crippen LogP contribution is 2.21. The van der Waals surface area contributed by atoms with E-state index < -0.39 is 0 Å². The molecule has 0 bridgehead atoms. The van der Waals surface area contributed by atoms with Gasteiger partial charge in [0.15, 0.2) is 0 Å². The van der Waals surface area contributed by atoms with Crippen LogP contribution in [0.5, 0.6) is 5.75 Å². The topological polar surface area (TPSA) is 45.4 Å². The lowest BCUT2D eigenvalue weighted by atomic mass is 10.3. The average Bonchev–Trinajstić information content (AvgIpc) is 2.69. The number of furan rings is 1. The maximum Gasteiger partial charge on any atom is 0.138 e. The first-order chi connectivity index (χ1) is 6.86. The van der Waals surface area contributed by atoms with Gasteiger partial charge in [0.1, 0.15) is 11.5 Å². The van der Waals surface area contributed by atoms with Gasteiger partial charge >= 0.3 is 0 Å². The summed E-state index contributed by atoms with van der Waals surface area (Å²) in [6, 6.07) is 10.8. The summed E-state index contributed by atoms with van der Waals surface area (Å²) in [5.41, 5.74) is 0.712. The third-order valence-corrected chi connectivity index (χ3v) is 1.94. The van der Waals surface area contributed by atoms with Crippen molar-refractivity contribution >= 4 is 5.69 Å². The van der Waals surface area contributed by atoms with Gasteiger partial charge in [0.05, 0.1) is 18.5 Å². The van der Waals surface area contributed by atoms with Crippen LogP contribution >= 0.6 is 0 Å². The maximum absolute atomic E-state index is 9.45. The summed E-state index contributed by atoms with van der Waals surface area (Å²) in [7, 11) is 0. The second-order valence-electron chi connectivity index (χ2n) is 2.95. The maximum atomic E-state index is 9.45. The zero-order chi connectivity index (χ0) is 9.80. The molecule has 0 spiro atoms. The Bertz CT molecular complexity index is 395. The van der Waals surface area contributed by atoms with Crippen LogP contribution in [0.1, 0.15) is 5.76 Å². The van der Waals surface area contributed by atoms with E-state index in [9.17, 15) is 5.11 Å². The van der Waals surface area contributed by atoms with Crippen LogP contribution in [0.4, 0.5) is 5.69 Å². The smallest absolute Gasteiger partial charge is 0.138 e. The van der Waals surface area contributed by atoms with E-state index in [0.29, 0.717) is 12.2 Å². The quantitative estimate of drug-likeness (QED) is 0.729. The lowest BCUT2D eigenvalue weighted by Gasteiger charge is -2.05. The summed E-state index contributed by atoms with van der Waals surface area (Å²) in [6.45, 7) is 0.574. The van der Waals surface area contributed by atoms with Crippen LogP contribution in [0.15, 0.2) is 47.1 Å². The van der Waals surface area contributed by atoms with E-state index >= 15 is 0 Å². The molecule has 0 amide bonds. The van der Waals surface area contributed by atoms with E-state index in [-0.39, 0.29) is 5.75 Å². The number of phenolic OH excluding ortho intramolecular Hbond substituents is 1. The highest BCUT2D eigenvalue weighted by molar-refractivity contribution is 5.55. The van der Waals surface area contributed by atoms with E-state index in [1.807, 2.05) is 24.3 Å². The van der Waals surface area contributed by atoms with Crippen LogP contribution in [0.25, 0.3) is 0 Å². The Labute approximate surface area is 82.0 Å². The Hall–Kier alpha value is -1.90. The fraction of sp³-hybridized carbons (Fsp3) is 0.0909. The van der Waals surface area contributed by atoms with Crippen molar-refractivity contribution in [1.82, 2.24) is 0 Å². The van der Waals surface area contributed by atoms with Crippen LogP contribution in [0, 0.1) is 0 Å². The van der Waals surface area contributed by atoms with Crippen LogP contribution in [0.3, 0.4) is 0 Å². The van der Waals surface area contributed by atoms with Gasteiger partial charge in [-0.2, -0.15) is 0 Å². The Kier molecular flexibility index (Phi) is 2.40. The Morgan fingerprint density at radius 3 is 2.71 bits per heavy atom. The molecular weight excluding hydrogens is 178 g/mol. The molecule has 72 valence electrons. The molecule has 0 atom stereocenters. The molecule has 1 heterocycles. The molecule has 14 heavy (non-hydrogen) atoms. The van der Waals surface area contributed by atoms with Gasteiger partial charge in [-0.05, 0) is 24.3 Å². The molecule has 1 aromatic heterocycles. The number of nitrogens with one attached hydrogen (secondary N) is 1. The monoisotopic (exact) mass is 189 g/mol. The zero-order valence-corrected chi connectivity index (χ0v) is 7.60. The molecule has 0 aliphatic rings. The molecule has 0 saturated carbocycles. The second kappa shape index (κ2) is 3.87. The predicted molar refractivity (Wildman–Crippen MR) is 54.1 cm³/mol. The minimum atomic E-state index is 0.249. The molecule has 0 aliphatic heterocycles. The highest BCUT2D eigenvalue weighted by atomic mass is 16.3. The number of hydrogen-bond donors (Lipinski definition) is 2. The molecule has 3 nitrogen and oxygen atoms in total. The summed E-state index contributed by atoms with van der Waals surface area (Å²) in [4.78, 5) is 0. The van der Waals surface area contributed by atoms with Crippen molar-refractivity contribution in [3.63, 3.8) is 0 Å². The van der Waals surface area contributed by atoms with Crippen molar-refractivity contribution in [3.05, 3.63) is 48.4 Å². The van der Waals surface area contributed by atoms with E-state index in [2.05, 4.69) is 5.32 Å². The summed E-state index contributed by atoms with van der Waals surface area (Å²) in [5.74, 6) is 1.09. The van der Waals surface area contributed by atoms with Crippen molar-refractivity contribution in [3.8, 4) is 5.75 Å². The van der Waals surface area contributed by atoms with Gasteiger partial charge in [0, 0.05) is 0 Å². The number of aromatic hydroxyl groups is 1. The molecule has 0 saturated heterocycles. The van der Waals surface area contributed by atoms with Crippen LogP contribution in [0.2, 0.25) is 0 Å². The van der Waals surface area contributed by atoms with Crippen LogP contribution in [-0.4, -0.2) is 5.11 Å². The van der Waals surface area contributed by atoms with E-state index in [4.69, 9.17) is 4.42 Å². The lowest BCUT2D eigenvalue weighted by molar-refractivity contribution is 0.476. The number of benzene rings is 1. The number of phenols is 1. The Morgan fingerprint density at radius 2 is 2.00 bits per heavy atom. The fourth-order valence-electron chi connectivity index (χ4n) is 1.22. The van der Waals surface area contributed by atoms with Crippen LogP contribution in [-0.2, 0) is 6.54 Å². The molecule has 0 unspecified atom stereocenters. The van der Waals surface area contributed by atoms with Gasteiger partial charge in [-0.1, -0.05) is 12.1 Å². The van der Waals surface area contributed by atoms with Crippen molar-refractivity contribution in [2.24, 2.45) is 0 Å². The predicted octanol–water partition coefficient (Wildman–Crippen LogP) is 2.60. The number of anilines is 1. The number of hydrogen-bond acceptors (Lipinski definition) is 3. The van der Waals surface area contributed by atoms with Gasteiger partial charge in [-0.3, -0.25) is 0 Å². The normalized spacial score (nSPS) is 10.0. The summed E-state index contributed by atoms with van der Waals surface area (Å²) < 4.78 is 5.15. The molecule has 0 radical (unpaired) electrons. The molecule has 0 fully saturated rings. The van der Waals surface area contributed by atoms with Crippen molar-refractivity contribution in [2.45, 2.75) is 6.54 Å². The second-order valence-corrected chi connectivity index (χ2v) is 2.95. The molecule has 2 rings (SSSR count). The largest absolute Gasteiger partial charge is 0.506 e. The first-order valence-corrected chi connectivity index (χ1v) is 4.40. The van der Waals surface area contributed by atoms with Gasteiger partial charge in [0.25, 0.3) is 0 Å². The summed E-state index contributed by atoms with van der Waals surface area (Å²) in [5, 5.41) is 12.5. The third-order valence-electron chi connectivity index (χ3n) is 1.94. The van der Waals surface area contributed by atoms with Gasteiger partial charge in [-0.25, -0.2) is 0 Å². The van der Waals surface area contributed by atoms with Crippen LogP contribution < -0.4 is 5.32 Å². The summed E-state index contributed by atoms with van der Waals surface area (Å²) in [6.07, 6.45) is 1.63. The first-order valence-electron chi connectivity index (χ1n) is 4.40. The molecule has 0 aliphatic carbocycles. The van der Waals surface area contributed by atoms with Crippen molar-refractivity contribution in [1.29, 1.82) is 0 Å². The molecule has 2 aromatic rings. The fourth-order valence-corrected chi connectivity index (χ4v) is 1.22. The minimum absolute atomic E-state index is 0.249. The van der Waals surface area contributed by atoms with Crippen molar-refractivity contribution in [2.75, 3.05) is 5.32 Å². The lowest BCUT2D eigenvalue weighted by Crippen LogP contribution is -1.97. The Balaban J connectivity index is 2.02. The zero-order valence-electron chi connectivity index (χ0n) is 7.60. The van der Waals surface area contributed by atoms with E-state index in [1.54, 1.807) is 18.4 Å². The average molecular weight is 189 g/mol. The SMILES string of the molecule is Oc1ccccc1NCc1ccco1. The van der Waals surface area contributed by atoms with E-state index in [1.165, 1.54) is 0 Å². The van der Waals surface area contributed by atoms with Gasteiger partial charge < -0.3 is 14.8 Å². The highest BCUT2D eigenvalue weighted by Gasteiger charge is 1.99. The molecule has 3 heteroatoms. The number of rotatable bonds is 3. The summed E-state index contributed by atoms with van der Waals surface area (Å²) >= 11 is 0. The first kappa shape index (κ1) is 8.69. The van der Waals surface area contributed by atoms with Gasteiger partial charge in [0.2, 0.25) is 0 Å². The van der Waals surface area contributed by atoms with Crippen molar-refractivity contribution < 1.29 is 9.52 Å². The minimum Gasteiger partial charge on any atom is -0.506 e. The number of para-hydroxylation sites is 2. The molecule has 2 N–H and O–H groups in total. The molecule has 1 aromatic carbocycles. The standard InChI is InChI=1S/C11H11NO2/c13-11-6-2-1-5-10(11)12-8-9-4-3-7-14-9/h1-7,12-13H,8H2. The van der Waals surface area contributed by atoms with Gasteiger partial charge in [-0.15, -0.1) is 0 Å². The third kappa shape index (κ3) is 1.88. The van der Waals surface area contributed by atoms with E-state index in [0.717, 1.165) is 5.76 Å². The molecular formula is C11H11NO2.